The third-order valence-corrected chi connectivity index (χ3v) is 2.47. The minimum Gasteiger partial charge on any atom is -0.345 e. The number of rotatable bonds is 5. The molecule has 0 fully saturated rings. The molecule has 0 N–H and O–H groups in total. The van der Waals surface area contributed by atoms with Crippen LogP contribution in [0.1, 0.15) is 29.5 Å². The number of terminal acetylenes is 1. The summed E-state index contributed by atoms with van der Waals surface area (Å²) in [6.45, 7) is 4.86. The summed E-state index contributed by atoms with van der Waals surface area (Å²) in [6.07, 6.45) is 6.87. The van der Waals surface area contributed by atoms with E-state index in [0.29, 0.717) is 30.0 Å². The smallest absolute Gasteiger partial charge is 0.156 e. The molecule has 4 nitrogen and oxygen atoms in total. The van der Waals surface area contributed by atoms with Gasteiger partial charge in [-0.1, -0.05) is 24.4 Å². The molecule has 0 aliphatic heterocycles. The average Bonchev–Trinajstić information content (AvgIpc) is 2.28. The Kier molecular flexibility index (Phi) is 4.92. The summed E-state index contributed by atoms with van der Waals surface area (Å²) in [7, 11) is 0. The fourth-order valence-corrected chi connectivity index (χ4v) is 1.77. The molecule has 0 aliphatic rings. The van der Waals surface area contributed by atoms with Gasteiger partial charge in [-0.3, -0.25) is 4.79 Å². The van der Waals surface area contributed by atoms with Crippen LogP contribution in [0.25, 0.3) is 0 Å². The molecule has 17 heavy (non-hydrogen) atoms. The quantitative estimate of drug-likeness (QED) is 0.457. The van der Waals surface area contributed by atoms with E-state index in [9.17, 15) is 4.79 Å². The molecule has 0 saturated carbocycles. The number of aldehydes is 1. The maximum atomic E-state index is 11.0. The van der Waals surface area contributed by atoms with Crippen molar-refractivity contribution in [3.8, 4) is 12.3 Å². The molecule has 0 aliphatic carbocycles. The molecule has 1 aromatic heterocycles. The Morgan fingerprint density at radius 3 is 2.76 bits per heavy atom. The van der Waals surface area contributed by atoms with E-state index in [1.54, 1.807) is 6.92 Å². The number of hydrogen-bond donors (Lipinski definition) is 0. The lowest BCUT2D eigenvalue weighted by Gasteiger charge is -2.22. The molecule has 5 heteroatoms. The number of halogens is 1. The molecule has 1 aromatic rings. The van der Waals surface area contributed by atoms with Gasteiger partial charge >= 0.3 is 0 Å². The zero-order chi connectivity index (χ0) is 12.8. The average molecular weight is 252 g/mol. The number of carbonyl (C=O) groups is 1. The number of aromatic nitrogens is 2. The fraction of sp³-hybridized carbons (Fsp3) is 0.417. The van der Waals surface area contributed by atoms with E-state index in [-0.39, 0.29) is 5.15 Å². The summed E-state index contributed by atoms with van der Waals surface area (Å²) in [5.74, 6) is 3.58. The lowest BCUT2D eigenvalue weighted by Crippen LogP contribution is -2.27. The van der Waals surface area contributed by atoms with E-state index in [1.165, 1.54) is 0 Å². The van der Waals surface area contributed by atoms with Gasteiger partial charge in [0.2, 0.25) is 0 Å². The van der Waals surface area contributed by atoms with E-state index in [1.807, 2.05) is 11.8 Å². The summed E-state index contributed by atoms with van der Waals surface area (Å²) >= 11 is 5.92. The number of anilines is 1. The zero-order valence-electron chi connectivity index (χ0n) is 9.90. The maximum absolute atomic E-state index is 11.0. The van der Waals surface area contributed by atoms with E-state index < -0.39 is 0 Å². The van der Waals surface area contributed by atoms with Crippen molar-refractivity contribution in [3.05, 3.63) is 16.5 Å². The molecule has 0 spiro atoms. The maximum Gasteiger partial charge on any atom is 0.156 e. The minimum atomic E-state index is 0.167. The molecule has 0 aromatic carbocycles. The van der Waals surface area contributed by atoms with Crippen LogP contribution in [0.2, 0.25) is 5.15 Å². The van der Waals surface area contributed by atoms with Crippen LogP contribution in [0.4, 0.5) is 5.82 Å². The lowest BCUT2D eigenvalue weighted by molar-refractivity contribution is 0.112. The second-order valence-electron chi connectivity index (χ2n) is 3.54. The van der Waals surface area contributed by atoms with E-state index in [4.69, 9.17) is 18.0 Å². The number of aryl methyl sites for hydroxylation is 1. The Bertz CT molecular complexity index is 454. The standard InChI is InChI=1S/C12H14ClN3O/c1-4-6-16(7-5-2)12-10(8-17)11(13)14-9(3)15-12/h1,8H,5-7H2,2-3H3. The second-order valence-corrected chi connectivity index (χ2v) is 3.90. The minimum absolute atomic E-state index is 0.167. The van der Waals surface area contributed by atoms with Crippen LogP contribution in [-0.4, -0.2) is 29.3 Å². The van der Waals surface area contributed by atoms with Gasteiger partial charge in [-0.25, -0.2) is 9.97 Å². The Morgan fingerprint density at radius 2 is 2.24 bits per heavy atom. The van der Waals surface area contributed by atoms with Crippen LogP contribution in [-0.2, 0) is 0 Å². The Labute approximate surface area is 106 Å². The lowest BCUT2D eigenvalue weighted by atomic mass is 10.3. The first-order valence-electron chi connectivity index (χ1n) is 5.31. The SMILES string of the molecule is C#CCN(CCC)c1nc(C)nc(Cl)c1C=O. The monoisotopic (exact) mass is 251 g/mol. The van der Waals surface area contributed by atoms with Gasteiger partial charge in [-0.15, -0.1) is 6.42 Å². The van der Waals surface area contributed by atoms with Crippen molar-refractivity contribution in [3.63, 3.8) is 0 Å². The molecule has 0 unspecified atom stereocenters. The van der Waals surface area contributed by atoms with Crippen molar-refractivity contribution in [1.82, 2.24) is 9.97 Å². The van der Waals surface area contributed by atoms with Crippen molar-refractivity contribution in [2.45, 2.75) is 20.3 Å². The number of carbonyl (C=O) groups excluding carboxylic acids is 1. The molecule has 90 valence electrons. The van der Waals surface area contributed by atoms with Crippen molar-refractivity contribution in [2.24, 2.45) is 0 Å². The predicted octanol–water partition coefficient (Wildman–Crippen LogP) is 2.10. The summed E-state index contributed by atoms with van der Waals surface area (Å²) < 4.78 is 0. The highest BCUT2D eigenvalue weighted by Gasteiger charge is 2.16. The van der Waals surface area contributed by atoms with Crippen molar-refractivity contribution >= 4 is 23.7 Å². The Morgan fingerprint density at radius 1 is 1.53 bits per heavy atom. The Balaban J connectivity index is 3.25. The van der Waals surface area contributed by atoms with Crippen molar-refractivity contribution in [1.29, 1.82) is 0 Å². The van der Waals surface area contributed by atoms with Crippen LogP contribution >= 0.6 is 11.6 Å². The van der Waals surface area contributed by atoms with Gasteiger partial charge in [0.15, 0.2) is 6.29 Å². The van der Waals surface area contributed by atoms with E-state index >= 15 is 0 Å². The first-order valence-corrected chi connectivity index (χ1v) is 5.69. The van der Waals surface area contributed by atoms with Gasteiger partial charge in [0, 0.05) is 6.54 Å². The fourth-order valence-electron chi connectivity index (χ4n) is 1.52. The first-order chi connectivity index (χ1) is 8.13. The van der Waals surface area contributed by atoms with Gasteiger partial charge in [0.25, 0.3) is 0 Å². The van der Waals surface area contributed by atoms with Crippen LogP contribution in [0.15, 0.2) is 0 Å². The molecule has 1 heterocycles. The largest absolute Gasteiger partial charge is 0.345 e. The van der Waals surface area contributed by atoms with Gasteiger partial charge in [-0.2, -0.15) is 0 Å². The normalized spacial score (nSPS) is 9.76. The third-order valence-electron chi connectivity index (χ3n) is 2.18. The van der Waals surface area contributed by atoms with Gasteiger partial charge in [0.1, 0.15) is 16.8 Å². The molecule has 0 atom stereocenters. The topological polar surface area (TPSA) is 46.1 Å². The molecular weight excluding hydrogens is 238 g/mol. The number of nitrogens with zero attached hydrogens (tertiary/aromatic N) is 3. The molecule has 0 bridgehead atoms. The van der Waals surface area contributed by atoms with Crippen LogP contribution in [0, 0.1) is 19.3 Å². The summed E-state index contributed by atoms with van der Waals surface area (Å²) in [5.41, 5.74) is 0.293. The van der Waals surface area contributed by atoms with Crippen LogP contribution in [0.3, 0.4) is 0 Å². The second kappa shape index (κ2) is 6.21. The summed E-state index contributed by atoms with van der Waals surface area (Å²) in [6, 6.07) is 0. The van der Waals surface area contributed by atoms with Crippen molar-refractivity contribution < 1.29 is 4.79 Å². The highest BCUT2D eigenvalue weighted by Crippen LogP contribution is 2.22. The molecular formula is C12H14ClN3O. The van der Waals surface area contributed by atoms with Gasteiger partial charge in [0.05, 0.1) is 12.1 Å². The van der Waals surface area contributed by atoms with Gasteiger partial charge < -0.3 is 4.90 Å². The van der Waals surface area contributed by atoms with E-state index in [0.717, 1.165) is 13.0 Å². The third kappa shape index (κ3) is 3.18. The number of hydrogen-bond acceptors (Lipinski definition) is 4. The molecule has 0 radical (unpaired) electrons. The van der Waals surface area contributed by atoms with E-state index in [2.05, 4.69) is 15.9 Å². The van der Waals surface area contributed by atoms with Crippen LogP contribution in [0.5, 0.6) is 0 Å². The zero-order valence-corrected chi connectivity index (χ0v) is 10.7. The summed E-state index contributed by atoms with van der Waals surface area (Å²) in [5, 5.41) is 0.167. The van der Waals surface area contributed by atoms with Gasteiger partial charge in [-0.05, 0) is 13.3 Å². The molecule has 1 rings (SSSR count). The highest BCUT2D eigenvalue weighted by molar-refractivity contribution is 6.32. The summed E-state index contributed by atoms with van der Waals surface area (Å²) in [4.78, 5) is 21.1. The Hall–Kier alpha value is -1.60. The predicted molar refractivity (Wildman–Crippen MR) is 68.5 cm³/mol. The molecule has 0 saturated heterocycles. The molecule has 0 amide bonds. The van der Waals surface area contributed by atoms with Crippen LogP contribution < -0.4 is 4.90 Å². The highest BCUT2D eigenvalue weighted by atomic mass is 35.5. The van der Waals surface area contributed by atoms with Crippen molar-refractivity contribution in [2.75, 3.05) is 18.0 Å². The first kappa shape index (κ1) is 13.5.